The highest BCUT2D eigenvalue weighted by Gasteiger charge is 2.24. The third kappa shape index (κ3) is 2.08. The Hall–Kier alpha value is -1.19. The third-order valence-corrected chi connectivity index (χ3v) is 3.16. The van der Waals surface area contributed by atoms with Crippen LogP contribution < -0.4 is 0 Å². The summed E-state index contributed by atoms with van der Waals surface area (Å²) in [4.78, 5) is 15.5. The maximum absolute atomic E-state index is 11.1. The van der Waals surface area contributed by atoms with Gasteiger partial charge in [-0.3, -0.25) is 4.79 Å². The molecule has 4 nitrogen and oxygen atoms in total. The first-order valence-electron chi connectivity index (χ1n) is 5.52. The lowest BCUT2D eigenvalue weighted by Gasteiger charge is -2.00. The van der Waals surface area contributed by atoms with Crippen LogP contribution in [0.1, 0.15) is 63.1 Å². The topological polar surface area (TPSA) is 56.0 Å². The fourth-order valence-corrected chi connectivity index (χ4v) is 1.95. The minimum absolute atomic E-state index is 0.0663. The number of aromatic nitrogens is 2. The van der Waals surface area contributed by atoms with Gasteiger partial charge in [-0.15, -0.1) is 0 Å². The van der Waals surface area contributed by atoms with Gasteiger partial charge in [0.15, 0.2) is 5.82 Å². The first kappa shape index (κ1) is 10.3. The Morgan fingerprint density at radius 1 is 1.47 bits per heavy atom. The second-order valence-corrected chi connectivity index (χ2v) is 4.30. The standard InChI is InChI=1S/C11H16N2O2/c1-7(8(2)14)11-12-10(13-15-11)9-5-3-4-6-9/h7,9H,3-6H2,1-2H3. The SMILES string of the molecule is CC(=O)C(C)c1nc(C2CCCC2)no1. The number of rotatable bonds is 3. The van der Waals surface area contributed by atoms with E-state index < -0.39 is 0 Å². The monoisotopic (exact) mass is 208 g/mol. The number of hydrogen-bond donors (Lipinski definition) is 0. The molecular formula is C11H16N2O2. The van der Waals surface area contributed by atoms with E-state index in [2.05, 4.69) is 10.1 Å². The van der Waals surface area contributed by atoms with E-state index in [-0.39, 0.29) is 11.7 Å². The van der Waals surface area contributed by atoms with Crippen LogP contribution >= 0.6 is 0 Å². The molecule has 2 rings (SSSR count). The van der Waals surface area contributed by atoms with Crippen molar-refractivity contribution in [3.63, 3.8) is 0 Å². The number of nitrogens with zero attached hydrogens (tertiary/aromatic N) is 2. The van der Waals surface area contributed by atoms with Gasteiger partial charge in [0.05, 0.1) is 5.92 Å². The normalized spacial score (nSPS) is 19.3. The lowest BCUT2D eigenvalue weighted by atomic mass is 10.1. The van der Waals surface area contributed by atoms with Crippen molar-refractivity contribution in [2.75, 3.05) is 0 Å². The second kappa shape index (κ2) is 4.13. The lowest BCUT2D eigenvalue weighted by molar-refractivity contribution is -0.118. The summed E-state index contributed by atoms with van der Waals surface area (Å²) in [5, 5.41) is 3.96. The molecule has 15 heavy (non-hydrogen) atoms. The van der Waals surface area contributed by atoms with Crippen LogP contribution in [0.15, 0.2) is 4.52 Å². The summed E-state index contributed by atoms with van der Waals surface area (Å²) in [6.45, 7) is 3.35. The molecule has 1 aromatic rings. The molecule has 0 spiro atoms. The van der Waals surface area contributed by atoms with Crippen molar-refractivity contribution in [3.8, 4) is 0 Å². The smallest absolute Gasteiger partial charge is 0.236 e. The van der Waals surface area contributed by atoms with E-state index in [0.717, 1.165) is 18.7 Å². The molecule has 1 fully saturated rings. The number of Topliss-reactive ketones (excluding diaryl/α,β-unsaturated/α-hetero) is 1. The fourth-order valence-electron chi connectivity index (χ4n) is 1.95. The Balaban J connectivity index is 2.12. The van der Waals surface area contributed by atoms with Gasteiger partial charge in [0.2, 0.25) is 5.89 Å². The molecule has 1 unspecified atom stereocenters. The molecule has 0 bridgehead atoms. The van der Waals surface area contributed by atoms with Gasteiger partial charge in [-0.05, 0) is 26.7 Å². The van der Waals surface area contributed by atoms with Gasteiger partial charge in [0.25, 0.3) is 0 Å². The van der Waals surface area contributed by atoms with Crippen molar-refractivity contribution in [2.24, 2.45) is 0 Å². The molecule has 4 heteroatoms. The number of carbonyl (C=O) groups is 1. The van der Waals surface area contributed by atoms with E-state index in [1.54, 1.807) is 13.8 Å². The summed E-state index contributed by atoms with van der Waals surface area (Å²) >= 11 is 0. The van der Waals surface area contributed by atoms with Crippen LogP contribution in [0, 0.1) is 0 Å². The van der Waals surface area contributed by atoms with E-state index in [1.165, 1.54) is 12.8 Å². The molecule has 0 aromatic carbocycles. The molecule has 0 aliphatic heterocycles. The highest BCUT2D eigenvalue weighted by molar-refractivity contribution is 5.81. The highest BCUT2D eigenvalue weighted by Crippen LogP contribution is 2.32. The zero-order valence-corrected chi connectivity index (χ0v) is 9.19. The van der Waals surface area contributed by atoms with Gasteiger partial charge >= 0.3 is 0 Å². The Morgan fingerprint density at radius 2 is 2.13 bits per heavy atom. The van der Waals surface area contributed by atoms with E-state index in [4.69, 9.17) is 4.52 Å². The van der Waals surface area contributed by atoms with Gasteiger partial charge in [0, 0.05) is 5.92 Å². The molecular weight excluding hydrogens is 192 g/mol. The maximum atomic E-state index is 11.1. The summed E-state index contributed by atoms with van der Waals surface area (Å²) in [6.07, 6.45) is 4.79. The molecule has 1 saturated carbocycles. The molecule has 1 aromatic heterocycles. The zero-order valence-electron chi connectivity index (χ0n) is 9.19. The van der Waals surface area contributed by atoms with E-state index in [1.807, 2.05) is 0 Å². The predicted octanol–water partition coefficient (Wildman–Crippen LogP) is 2.42. The van der Waals surface area contributed by atoms with Crippen molar-refractivity contribution in [3.05, 3.63) is 11.7 Å². The van der Waals surface area contributed by atoms with E-state index in [0.29, 0.717) is 11.8 Å². The van der Waals surface area contributed by atoms with Gasteiger partial charge in [-0.25, -0.2) is 0 Å². The van der Waals surface area contributed by atoms with Crippen LogP contribution in [0.2, 0.25) is 0 Å². The Kier molecular flexibility index (Phi) is 2.84. The molecule has 0 amide bonds. The zero-order chi connectivity index (χ0) is 10.8. The summed E-state index contributed by atoms with van der Waals surface area (Å²) in [7, 11) is 0. The molecule has 1 heterocycles. The Morgan fingerprint density at radius 3 is 2.73 bits per heavy atom. The minimum Gasteiger partial charge on any atom is -0.339 e. The van der Waals surface area contributed by atoms with Crippen molar-refractivity contribution in [1.29, 1.82) is 0 Å². The molecule has 0 saturated heterocycles. The van der Waals surface area contributed by atoms with Gasteiger partial charge in [-0.2, -0.15) is 4.98 Å². The Labute approximate surface area is 89.1 Å². The highest BCUT2D eigenvalue weighted by atomic mass is 16.5. The minimum atomic E-state index is -0.271. The van der Waals surface area contributed by atoms with E-state index >= 15 is 0 Å². The second-order valence-electron chi connectivity index (χ2n) is 4.30. The average Bonchev–Trinajstić information content (AvgIpc) is 2.86. The molecule has 82 valence electrons. The first-order valence-corrected chi connectivity index (χ1v) is 5.52. The first-order chi connectivity index (χ1) is 7.18. The van der Waals surface area contributed by atoms with Crippen LogP contribution in [0.25, 0.3) is 0 Å². The van der Waals surface area contributed by atoms with Crippen molar-refractivity contribution >= 4 is 5.78 Å². The predicted molar refractivity (Wildman–Crippen MR) is 54.6 cm³/mol. The third-order valence-electron chi connectivity index (χ3n) is 3.16. The Bertz CT molecular complexity index is 353. The van der Waals surface area contributed by atoms with Crippen molar-refractivity contribution < 1.29 is 9.32 Å². The van der Waals surface area contributed by atoms with Gasteiger partial charge in [0.1, 0.15) is 5.78 Å². The summed E-state index contributed by atoms with van der Waals surface area (Å²) in [6, 6.07) is 0. The van der Waals surface area contributed by atoms with Crippen LogP contribution in [0.3, 0.4) is 0 Å². The fraction of sp³-hybridized carbons (Fsp3) is 0.727. The van der Waals surface area contributed by atoms with E-state index in [9.17, 15) is 4.79 Å². The number of ketones is 1. The van der Waals surface area contributed by atoms with Gasteiger partial charge < -0.3 is 4.52 Å². The van der Waals surface area contributed by atoms with Crippen LogP contribution in [-0.2, 0) is 4.79 Å². The van der Waals surface area contributed by atoms with Crippen LogP contribution in [-0.4, -0.2) is 15.9 Å². The van der Waals surface area contributed by atoms with Gasteiger partial charge in [-0.1, -0.05) is 18.0 Å². The molecule has 1 atom stereocenters. The van der Waals surface area contributed by atoms with Crippen molar-refractivity contribution in [1.82, 2.24) is 10.1 Å². The molecule has 0 N–H and O–H groups in total. The molecule has 0 radical (unpaired) electrons. The van der Waals surface area contributed by atoms with Crippen LogP contribution in [0.5, 0.6) is 0 Å². The van der Waals surface area contributed by atoms with Crippen molar-refractivity contribution in [2.45, 2.75) is 51.4 Å². The van der Waals surface area contributed by atoms with Crippen LogP contribution in [0.4, 0.5) is 0 Å². The molecule has 1 aliphatic rings. The summed E-state index contributed by atoms with van der Waals surface area (Å²) in [5.74, 6) is 1.49. The quantitative estimate of drug-likeness (QED) is 0.765. The lowest BCUT2D eigenvalue weighted by Crippen LogP contribution is -2.05. The summed E-state index contributed by atoms with van der Waals surface area (Å²) in [5.41, 5.74) is 0. The maximum Gasteiger partial charge on any atom is 0.236 e. The summed E-state index contributed by atoms with van der Waals surface area (Å²) < 4.78 is 5.12. The average molecular weight is 208 g/mol. The molecule has 1 aliphatic carbocycles. The largest absolute Gasteiger partial charge is 0.339 e. The number of hydrogen-bond acceptors (Lipinski definition) is 4. The number of carbonyl (C=O) groups excluding carboxylic acids is 1.